The van der Waals surface area contributed by atoms with Crippen molar-refractivity contribution < 1.29 is 42.4 Å². The zero-order chi connectivity index (χ0) is 38.4. The van der Waals surface area contributed by atoms with Crippen LogP contribution >= 0.6 is 19.6 Å². The zero-order valence-corrected chi connectivity index (χ0v) is 34.5. The molecule has 0 spiro atoms. The first-order valence-corrected chi connectivity index (χ1v) is 24.6. The van der Waals surface area contributed by atoms with Crippen LogP contribution in [0.15, 0.2) is 11.6 Å². The molecule has 2 aliphatic heterocycles. The number of nitrogens with zero attached hydrogens (tertiary/aromatic N) is 1. The number of thioether (sulfide) groups is 1. The van der Waals surface area contributed by atoms with Crippen molar-refractivity contribution >= 4 is 35.6 Å². The van der Waals surface area contributed by atoms with Gasteiger partial charge in [-0.05, 0) is 97.7 Å². The number of rotatable bonds is 11. The quantitative estimate of drug-likeness (QED) is 0.0713. The number of guanidine groups is 1. The van der Waals surface area contributed by atoms with Gasteiger partial charge in [-0.25, -0.2) is 0 Å². The first kappa shape index (κ1) is 42.4. The van der Waals surface area contributed by atoms with Gasteiger partial charge in [-0.3, -0.25) is 19.4 Å². The molecule has 0 bridgehead atoms. The van der Waals surface area contributed by atoms with Gasteiger partial charge >= 0.3 is 38.9 Å². The second-order valence-corrected chi connectivity index (χ2v) is 22.9. The molecule has 0 radical (unpaired) electrons. The van der Waals surface area contributed by atoms with Gasteiger partial charge in [-0.2, -0.15) is 20.2 Å². The molecule has 6 nitrogen and oxygen atoms in total. The van der Waals surface area contributed by atoms with Crippen molar-refractivity contribution in [1.29, 1.82) is 0 Å². The fourth-order valence-electron chi connectivity index (χ4n) is 11.2. The molecule has 3 fully saturated rings. The van der Waals surface area contributed by atoms with Crippen LogP contribution in [0.3, 0.4) is 0 Å². The molecule has 0 aromatic rings. The summed E-state index contributed by atoms with van der Waals surface area (Å²) in [4.78, 5) is 0. The Balaban J connectivity index is 0.000000679. The molecule has 15 heteroatoms. The molecule has 10 atom stereocenters. The average molecular weight is 808 g/mol. The van der Waals surface area contributed by atoms with Crippen LogP contribution in [0.2, 0.25) is 0 Å². The van der Waals surface area contributed by atoms with Crippen LogP contribution in [0.1, 0.15) is 118 Å². The zero-order valence-electron chi connectivity index (χ0n) is 32.0. The van der Waals surface area contributed by atoms with Crippen LogP contribution in [-0.2, 0) is 14.3 Å². The monoisotopic (exact) mass is 807 g/mol. The van der Waals surface area contributed by atoms with Crippen LogP contribution < -0.4 is 10.6 Å². The van der Waals surface area contributed by atoms with E-state index in [1.54, 1.807) is 0 Å². The van der Waals surface area contributed by atoms with Crippen molar-refractivity contribution in [2.45, 2.75) is 135 Å². The maximum absolute atomic E-state index is 11.5. The second-order valence-electron chi connectivity index (χ2n) is 18.0. The normalized spacial score (nSPS) is 38.1. The summed E-state index contributed by atoms with van der Waals surface area (Å²) in [6, 6.07) is 0.495. The van der Waals surface area contributed by atoms with E-state index in [9.17, 15) is 33.6 Å². The van der Waals surface area contributed by atoms with Gasteiger partial charge in [0.25, 0.3) is 10.1 Å². The predicted molar refractivity (Wildman–Crippen MR) is 202 cm³/mol. The van der Waals surface area contributed by atoms with Crippen molar-refractivity contribution in [2.24, 2.45) is 46.3 Å². The topological polar surface area (TPSA) is 70.4 Å². The fourth-order valence-corrected chi connectivity index (χ4v) is 13.0. The number of hydrogen-bond acceptors (Lipinski definition) is 6. The molecule has 304 valence electrons. The summed E-state index contributed by atoms with van der Waals surface area (Å²) in [5.41, 5.74) is 2.81. The number of fused-ring (bicyclic) bond motifs is 5. The number of halogens is 6. The summed E-state index contributed by atoms with van der Waals surface area (Å²) in [6.07, 6.45) is 21.5. The average Bonchev–Trinajstić information content (AvgIpc) is 3.38. The molecule has 2 N–H and O–H groups in total. The van der Waals surface area contributed by atoms with Crippen molar-refractivity contribution in [3.05, 3.63) is 11.6 Å². The van der Waals surface area contributed by atoms with Gasteiger partial charge in [0.1, 0.15) is 6.04 Å². The van der Waals surface area contributed by atoms with Crippen LogP contribution in [0.4, 0.5) is 25.2 Å². The SMILES string of the molecule is CC(C)CCC[C@@H](C)[C@H]1CC[C@H]2[C@@H]3CC=C4C[C@H](SC[C@@H]5CC[N+]6=C(N[C@H](COS(C)(=O)=O)CC6)N5)CC[C@]4(C)[C@H]3CC[C@]12C.F[P-](F)(F)(F)(F)F. The van der Waals surface area contributed by atoms with E-state index in [0.29, 0.717) is 16.9 Å². The first-order valence-electron chi connectivity index (χ1n) is 19.7. The van der Waals surface area contributed by atoms with E-state index in [-0.39, 0.29) is 12.6 Å². The van der Waals surface area contributed by atoms with Crippen LogP contribution in [0.5, 0.6) is 0 Å². The minimum atomic E-state index is -10.7. The van der Waals surface area contributed by atoms with Gasteiger partial charge in [0, 0.05) is 23.8 Å². The van der Waals surface area contributed by atoms with E-state index >= 15 is 0 Å². The first-order chi connectivity index (χ1) is 23.8. The molecule has 0 unspecified atom stereocenters. The molecule has 6 aliphatic rings. The summed E-state index contributed by atoms with van der Waals surface area (Å²) in [7, 11) is -14.1. The summed E-state index contributed by atoms with van der Waals surface area (Å²) < 4.78 is 89.6. The summed E-state index contributed by atoms with van der Waals surface area (Å²) in [5, 5.41) is 8.03. The van der Waals surface area contributed by atoms with Crippen LogP contribution in [0, 0.1) is 46.3 Å². The van der Waals surface area contributed by atoms with Gasteiger partial charge in [0.05, 0.1) is 32.0 Å². The van der Waals surface area contributed by atoms with E-state index in [1.807, 2.05) is 5.57 Å². The molecular formula is C37H64F6N3O3PS2. The van der Waals surface area contributed by atoms with Crippen LogP contribution in [0.25, 0.3) is 0 Å². The molecule has 0 saturated heterocycles. The van der Waals surface area contributed by atoms with Gasteiger partial charge in [-0.15, -0.1) is 0 Å². The van der Waals surface area contributed by atoms with Gasteiger partial charge in [0.15, 0.2) is 0 Å². The third kappa shape index (κ3) is 11.4. The Bertz CT molecular complexity index is 1450. The third-order valence-corrected chi connectivity index (χ3v) is 15.8. The van der Waals surface area contributed by atoms with E-state index in [0.717, 1.165) is 84.7 Å². The predicted octanol–water partition coefficient (Wildman–Crippen LogP) is 10.6. The molecular weight excluding hydrogens is 744 g/mol. The molecule has 3 saturated carbocycles. The standard InChI is InChI=1S/C37H63N3O3S2.F6P/c1-25(2)8-7-9-26(3)32-12-13-33-31-11-10-27-22-30(14-18-36(27,4)34(31)15-19-37(32,33)5)44-24-29-17-21-40-20-16-28(38-35(40)39-29)23-43-45(6,41)42;1-7(2,3,4,5)6/h10,25-26,28-34H,7-9,11-24H2,1-6H3,(H,38,39);/q;-1/p+1/t26-,28+,29+,30-,31+,32-,33+,34+,36+,37-;/m1./s1. The molecule has 6 rings (SSSR count). The van der Waals surface area contributed by atoms with Gasteiger partial charge < -0.3 is 0 Å². The summed E-state index contributed by atoms with van der Waals surface area (Å²) in [6.45, 7) is 15.0. The van der Waals surface area contributed by atoms with Crippen LogP contribution in [-0.4, -0.2) is 68.0 Å². The second kappa shape index (κ2) is 15.0. The Kier molecular flexibility index (Phi) is 12.2. The molecule has 2 heterocycles. The molecule has 0 amide bonds. The van der Waals surface area contributed by atoms with Crippen molar-refractivity contribution in [3.8, 4) is 0 Å². The van der Waals surface area contributed by atoms with Crippen molar-refractivity contribution in [1.82, 2.24) is 10.6 Å². The maximum atomic E-state index is 11.5. The molecule has 52 heavy (non-hydrogen) atoms. The number of hydrogen-bond donors (Lipinski definition) is 2. The van der Waals surface area contributed by atoms with E-state index < -0.39 is 17.9 Å². The minimum absolute atomic E-state index is 0.0360. The van der Waals surface area contributed by atoms with E-state index in [4.69, 9.17) is 4.18 Å². The molecule has 0 aromatic heterocycles. The van der Waals surface area contributed by atoms with Crippen molar-refractivity contribution in [3.63, 3.8) is 0 Å². The Morgan fingerprint density at radius 3 is 2.23 bits per heavy atom. The molecule has 4 aliphatic carbocycles. The van der Waals surface area contributed by atoms with E-state index in [1.165, 1.54) is 70.6 Å². The fraction of sp³-hybridized carbons (Fsp3) is 0.919. The summed E-state index contributed by atoms with van der Waals surface area (Å²) in [5.74, 6) is 7.63. The number of nitrogens with one attached hydrogen (secondary N) is 2. The molecule has 0 aromatic carbocycles. The van der Waals surface area contributed by atoms with Gasteiger partial charge in [-0.1, -0.05) is 65.5 Å². The Morgan fingerprint density at radius 1 is 0.923 bits per heavy atom. The Hall–Kier alpha value is -0.720. The number of allylic oxidation sites excluding steroid dienone is 2. The summed E-state index contributed by atoms with van der Waals surface area (Å²) >= 11 is 2.20. The Labute approximate surface area is 312 Å². The third-order valence-electron chi connectivity index (χ3n) is 13.8. The van der Waals surface area contributed by atoms with E-state index in [2.05, 4.69) is 67.7 Å². The Morgan fingerprint density at radius 2 is 1.58 bits per heavy atom. The van der Waals surface area contributed by atoms with Gasteiger partial charge in [0.2, 0.25) is 0 Å². The van der Waals surface area contributed by atoms with Crippen molar-refractivity contribution in [2.75, 3.05) is 31.7 Å².